The van der Waals surface area contributed by atoms with Gasteiger partial charge in [-0.2, -0.15) is 0 Å². The Morgan fingerprint density at radius 1 is 1.40 bits per heavy atom. The van der Waals surface area contributed by atoms with Crippen molar-refractivity contribution >= 4 is 0 Å². The Morgan fingerprint density at radius 2 is 1.93 bits per heavy atom. The van der Waals surface area contributed by atoms with Gasteiger partial charge in [0.1, 0.15) is 6.17 Å². The monoisotopic (exact) mass is 219 g/mol. The van der Waals surface area contributed by atoms with Crippen molar-refractivity contribution in [3.63, 3.8) is 0 Å². The van der Waals surface area contributed by atoms with Gasteiger partial charge >= 0.3 is 0 Å². The van der Waals surface area contributed by atoms with Crippen molar-refractivity contribution in [2.24, 2.45) is 5.92 Å². The van der Waals surface area contributed by atoms with E-state index in [0.29, 0.717) is 13.1 Å². The Morgan fingerprint density at radius 3 is 2.33 bits per heavy atom. The Bertz CT molecular complexity index is 167. The van der Waals surface area contributed by atoms with Gasteiger partial charge in [0.05, 0.1) is 5.60 Å². The average Bonchev–Trinajstić information content (AvgIpc) is 2.12. The summed E-state index contributed by atoms with van der Waals surface area (Å²) in [6, 6.07) is 0. The summed E-state index contributed by atoms with van der Waals surface area (Å²) in [7, 11) is 0. The lowest BCUT2D eigenvalue weighted by molar-refractivity contribution is 0.00602. The zero-order valence-electron chi connectivity index (χ0n) is 10.8. The topological polar surface area (TPSA) is 23.5 Å². The number of rotatable bonds is 2. The Kier molecular flexibility index (Phi) is 6.37. The highest BCUT2D eigenvalue weighted by Gasteiger charge is 2.28. The Labute approximate surface area is 93.5 Å². The number of likely N-dealkylation sites (tertiary alicyclic amines) is 1. The van der Waals surface area contributed by atoms with Gasteiger partial charge in [-0.3, -0.25) is 4.90 Å². The van der Waals surface area contributed by atoms with Crippen molar-refractivity contribution in [2.75, 3.05) is 19.6 Å². The molecule has 0 aromatic rings. The van der Waals surface area contributed by atoms with Gasteiger partial charge in [0.2, 0.25) is 0 Å². The zero-order valence-corrected chi connectivity index (χ0v) is 10.8. The van der Waals surface area contributed by atoms with E-state index >= 15 is 0 Å². The van der Waals surface area contributed by atoms with Crippen LogP contribution in [0.15, 0.2) is 0 Å². The van der Waals surface area contributed by atoms with E-state index in [-0.39, 0.29) is 5.92 Å². The molecule has 1 heterocycles. The van der Waals surface area contributed by atoms with Crippen LogP contribution in [0.25, 0.3) is 0 Å². The molecule has 0 radical (unpaired) electrons. The van der Waals surface area contributed by atoms with Gasteiger partial charge in [-0.05, 0) is 32.7 Å². The van der Waals surface area contributed by atoms with Crippen molar-refractivity contribution in [2.45, 2.75) is 52.8 Å². The molecule has 0 bridgehead atoms. The molecule has 0 amide bonds. The number of alkyl halides is 1. The molecule has 2 unspecified atom stereocenters. The lowest BCUT2D eigenvalue weighted by Crippen LogP contribution is -2.46. The Balaban J connectivity index is 0.000000921. The standard InChI is InChI=1S/C10H20FNO.C2H6/c1-8-4-5-12(6-9(8)11)7-10(2,3)13;1-2/h8-9,13H,4-7H2,1-3H3;1-2H3. The summed E-state index contributed by atoms with van der Waals surface area (Å²) >= 11 is 0. The summed E-state index contributed by atoms with van der Waals surface area (Å²) in [5.41, 5.74) is -0.708. The molecule has 1 N–H and O–H groups in total. The molecule has 0 spiro atoms. The molecule has 0 aromatic carbocycles. The summed E-state index contributed by atoms with van der Waals surface area (Å²) < 4.78 is 13.3. The van der Waals surface area contributed by atoms with Gasteiger partial charge in [-0.1, -0.05) is 20.8 Å². The highest BCUT2D eigenvalue weighted by molar-refractivity contribution is 4.81. The van der Waals surface area contributed by atoms with Crippen molar-refractivity contribution < 1.29 is 9.50 Å². The van der Waals surface area contributed by atoms with Crippen LogP contribution in [0.3, 0.4) is 0 Å². The number of aliphatic hydroxyl groups is 1. The van der Waals surface area contributed by atoms with E-state index in [1.807, 2.05) is 25.7 Å². The van der Waals surface area contributed by atoms with E-state index in [2.05, 4.69) is 0 Å². The van der Waals surface area contributed by atoms with E-state index < -0.39 is 11.8 Å². The molecule has 2 nitrogen and oxygen atoms in total. The van der Waals surface area contributed by atoms with Crippen LogP contribution < -0.4 is 0 Å². The van der Waals surface area contributed by atoms with Gasteiger partial charge < -0.3 is 5.11 Å². The minimum Gasteiger partial charge on any atom is -0.389 e. The van der Waals surface area contributed by atoms with E-state index in [0.717, 1.165) is 13.0 Å². The molecule has 1 fully saturated rings. The van der Waals surface area contributed by atoms with Crippen LogP contribution in [-0.4, -0.2) is 41.4 Å². The molecule has 1 aliphatic heterocycles. The molecule has 1 saturated heterocycles. The van der Waals surface area contributed by atoms with Crippen LogP contribution in [0.4, 0.5) is 4.39 Å². The molecule has 0 aliphatic carbocycles. The number of hydrogen-bond acceptors (Lipinski definition) is 2. The quantitative estimate of drug-likeness (QED) is 0.771. The number of nitrogens with zero attached hydrogens (tertiary/aromatic N) is 1. The number of β-amino-alcohol motifs (C(OH)–C–C–N with tert-alkyl or cyclic N) is 1. The van der Waals surface area contributed by atoms with Crippen LogP contribution in [-0.2, 0) is 0 Å². The van der Waals surface area contributed by atoms with Crippen molar-refractivity contribution in [1.82, 2.24) is 4.90 Å². The lowest BCUT2D eigenvalue weighted by atomic mass is 9.96. The predicted molar refractivity (Wildman–Crippen MR) is 62.8 cm³/mol. The van der Waals surface area contributed by atoms with Gasteiger partial charge in [0, 0.05) is 13.1 Å². The summed E-state index contributed by atoms with van der Waals surface area (Å²) in [4.78, 5) is 2.00. The molecule has 92 valence electrons. The number of piperidine rings is 1. The first-order chi connectivity index (χ1) is 6.88. The first-order valence-corrected chi connectivity index (χ1v) is 5.97. The second-order valence-electron chi connectivity index (χ2n) is 4.83. The maximum atomic E-state index is 13.3. The van der Waals surface area contributed by atoms with E-state index in [1.54, 1.807) is 13.8 Å². The van der Waals surface area contributed by atoms with Crippen molar-refractivity contribution in [3.05, 3.63) is 0 Å². The summed E-state index contributed by atoms with van der Waals surface area (Å²) in [6.07, 6.45) is 0.174. The fraction of sp³-hybridized carbons (Fsp3) is 1.00. The van der Waals surface area contributed by atoms with E-state index in [1.165, 1.54) is 0 Å². The van der Waals surface area contributed by atoms with Crippen LogP contribution >= 0.6 is 0 Å². The second-order valence-corrected chi connectivity index (χ2v) is 4.83. The minimum absolute atomic E-state index is 0.179. The molecule has 15 heavy (non-hydrogen) atoms. The van der Waals surface area contributed by atoms with Crippen molar-refractivity contribution in [3.8, 4) is 0 Å². The molecular weight excluding hydrogens is 193 g/mol. The predicted octanol–water partition coefficient (Wildman–Crippen LogP) is 2.46. The van der Waals surface area contributed by atoms with Crippen LogP contribution in [0.2, 0.25) is 0 Å². The van der Waals surface area contributed by atoms with Gasteiger partial charge in [-0.25, -0.2) is 4.39 Å². The molecule has 1 aliphatic rings. The number of halogens is 1. The third kappa shape index (κ3) is 6.10. The lowest BCUT2D eigenvalue weighted by Gasteiger charge is -2.36. The molecule has 3 heteroatoms. The third-order valence-corrected chi connectivity index (χ3v) is 2.56. The van der Waals surface area contributed by atoms with Gasteiger partial charge in [0.15, 0.2) is 0 Å². The number of hydrogen-bond donors (Lipinski definition) is 1. The molecular formula is C12H26FNO. The minimum atomic E-state index is -0.726. The van der Waals surface area contributed by atoms with Crippen LogP contribution in [0.5, 0.6) is 0 Å². The zero-order chi connectivity index (χ0) is 12.1. The summed E-state index contributed by atoms with van der Waals surface area (Å²) in [6.45, 7) is 11.4. The highest BCUT2D eigenvalue weighted by Crippen LogP contribution is 2.21. The summed E-state index contributed by atoms with van der Waals surface area (Å²) in [5, 5.41) is 9.56. The fourth-order valence-electron chi connectivity index (χ4n) is 1.78. The first kappa shape index (κ1) is 14.8. The normalized spacial score (nSPS) is 28.2. The molecule has 0 aromatic heterocycles. The summed E-state index contributed by atoms with van der Waals surface area (Å²) in [5.74, 6) is 0.179. The van der Waals surface area contributed by atoms with E-state index in [9.17, 15) is 9.50 Å². The van der Waals surface area contributed by atoms with E-state index in [4.69, 9.17) is 0 Å². The molecule has 1 rings (SSSR count). The first-order valence-electron chi connectivity index (χ1n) is 5.97. The SMILES string of the molecule is CC.CC1CCN(CC(C)(C)O)CC1F. The van der Waals surface area contributed by atoms with Gasteiger partial charge in [-0.15, -0.1) is 0 Å². The molecule has 2 atom stereocenters. The smallest absolute Gasteiger partial charge is 0.115 e. The maximum absolute atomic E-state index is 13.3. The highest BCUT2D eigenvalue weighted by atomic mass is 19.1. The fourth-order valence-corrected chi connectivity index (χ4v) is 1.78. The third-order valence-electron chi connectivity index (χ3n) is 2.56. The average molecular weight is 219 g/mol. The molecule has 0 saturated carbocycles. The van der Waals surface area contributed by atoms with Crippen LogP contribution in [0.1, 0.15) is 41.0 Å². The van der Waals surface area contributed by atoms with Crippen molar-refractivity contribution in [1.29, 1.82) is 0 Å². The maximum Gasteiger partial charge on any atom is 0.115 e. The second kappa shape index (κ2) is 6.44. The van der Waals surface area contributed by atoms with Gasteiger partial charge in [0.25, 0.3) is 0 Å². The van der Waals surface area contributed by atoms with Crippen LogP contribution in [0, 0.1) is 5.92 Å². The largest absolute Gasteiger partial charge is 0.389 e. The Hall–Kier alpha value is -0.150.